The molecule has 0 spiro atoms. The molecule has 4 aromatic rings. The molecule has 0 saturated heterocycles. The van der Waals surface area contributed by atoms with E-state index in [1.165, 1.54) is 23.9 Å². The monoisotopic (exact) mass is 619 g/mol. The fourth-order valence-electron chi connectivity index (χ4n) is 3.76. The number of halogens is 3. The molecule has 40 heavy (non-hydrogen) atoms. The highest BCUT2D eigenvalue weighted by atomic mass is 35.5. The van der Waals surface area contributed by atoms with Gasteiger partial charge in [0.05, 0.1) is 0 Å². The predicted octanol–water partition coefficient (Wildman–Crippen LogP) is 8.44. The summed E-state index contributed by atoms with van der Waals surface area (Å²) in [5, 5.41) is 2.97. The Labute approximate surface area is 245 Å². The second-order valence-corrected chi connectivity index (χ2v) is 12.4. The van der Waals surface area contributed by atoms with Crippen LogP contribution in [0.5, 0.6) is 5.75 Å². The summed E-state index contributed by atoms with van der Waals surface area (Å²) in [4.78, 5) is 32.7. The minimum Gasteiger partial charge on any atom is -0.489 e. The SMILES string of the molecule is O=C(CCc1ccc(Sc2cccc(OCc3ccccc3)c2)cc1Cl)Nc1ccc(Cl)c(C(F)P(=O)(O)O)c1. The van der Waals surface area contributed by atoms with E-state index < -0.39 is 19.1 Å². The molecule has 11 heteroatoms. The molecule has 4 rings (SSSR count). The van der Waals surface area contributed by atoms with Crippen molar-refractivity contribution in [1.29, 1.82) is 0 Å². The molecule has 0 aliphatic carbocycles. The van der Waals surface area contributed by atoms with Crippen LogP contribution in [0.15, 0.2) is 101 Å². The Morgan fingerprint density at radius 3 is 2.40 bits per heavy atom. The Morgan fingerprint density at radius 1 is 0.925 bits per heavy atom. The number of nitrogens with one attached hydrogen (secondary N) is 1. The highest BCUT2D eigenvalue weighted by molar-refractivity contribution is 7.99. The Morgan fingerprint density at radius 2 is 1.68 bits per heavy atom. The summed E-state index contributed by atoms with van der Waals surface area (Å²) in [5.74, 6) is -2.20. The van der Waals surface area contributed by atoms with Crippen molar-refractivity contribution in [2.75, 3.05) is 5.32 Å². The zero-order chi connectivity index (χ0) is 28.7. The summed E-state index contributed by atoms with van der Waals surface area (Å²) in [6.07, 6.45) is 0.440. The van der Waals surface area contributed by atoms with Gasteiger partial charge in [-0.3, -0.25) is 9.36 Å². The van der Waals surface area contributed by atoms with E-state index in [1.807, 2.05) is 72.8 Å². The number of hydrogen-bond donors (Lipinski definition) is 3. The van der Waals surface area contributed by atoms with Crippen LogP contribution in [0.2, 0.25) is 10.0 Å². The van der Waals surface area contributed by atoms with Gasteiger partial charge in [-0.2, -0.15) is 0 Å². The second-order valence-electron chi connectivity index (χ2n) is 8.81. The Hall–Kier alpha value is -2.84. The van der Waals surface area contributed by atoms with Gasteiger partial charge < -0.3 is 19.8 Å². The minimum atomic E-state index is -5.05. The Balaban J connectivity index is 1.32. The summed E-state index contributed by atoms with van der Waals surface area (Å²) in [6, 6.07) is 27.2. The first-order valence-electron chi connectivity index (χ1n) is 12.1. The van der Waals surface area contributed by atoms with Crippen molar-refractivity contribution >= 4 is 54.2 Å². The van der Waals surface area contributed by atoms with Crippen LogP contribution in [0.4, 0.5) is 10.1 Å². The highest BCUT2D eigenvalue weighted by Gasteiger charge is 2.32. The largest absolute Gasteiger partial charge is 0.489 e. The number of aryl methyl sites for hydroxylation is 1. The molecule has 0 aromatic heterocycles. The van der Waals surface area contributed by atoms with Crippen molar-refractivity contribution in [2.24, 2.45) is 0 Å². The lowest BCUT2D eigenvalue weighted by Gasteiger charge is -2.14. The first-order valence-corrected chi connectivity index (χ1v) is 15.4. The normalized spacial score (nSPS) is 12.1. The summed E-state index contributed by atoms with van der Waals surface area (Å²) < 4.78 is 31.3. The molecule has 208 valence electrons. The average molecular weight is 620 g/mol. The summed E-state index contributed by atoms with van der Waals surface area (Å²) in [6.45, 7) is 0.478. The van der Waals surface area contributed by atoms with Gasteiger partial charge in [0.2, 0.25) is 11.8 Å². The molecule has 6 nitrogen and oxygen atoms in total. The van der Waals surface area contributed by atoms with Gasteiger partial charge in [0.25, 0.3) is 0 Å². The second kappa shape index (κ2) is 13.7. The molecule has 0 fully saturated rings. The van der Waals surface area contributed by atoms with Crippen LogP contribution in [0.25, 0.3) is 0 Å². The van der Waals surface area contributed by atoms with Crippen LogP contribution in [0, 0.1) is 0 Å². The molecule has 1 atom stereocenters. The molecule has 0 radical (unpaired) electrons. The van der Waals surface area contributed by atoms with Gasteiger partial charge in [-0.25, -0.2) is 4.39 Å². The summed E-state index contributed by atoms with van der Waals surface area (Å²) >= 11 is 13.9. The van der Waals surface area contributed by atoms with E-state index in [1.54, 1.807) is 0 Å². The van der Waals surface area contributed by atoms with E-state index in [4.69, 9.17) is 37.7 Å². The van der Waals surface area contributed by atoms with Crippen LogP contribution in [0.3, 0.4) is 0 Å². The predicted molar refractivity (Wildman–Crippen MR) is 157 cm³/mol. The smallest absolute Gasteiger partial charge is 0.364 e. The number of carbonyl (C=O) groups excluding carboxylic acids is 1. The molecular formula is C29H25Cl2FNO5PS. The number of benzene rings is 4. The summed E-state index contributed by atoms with van der Waals surface area (Å²) in [5.41, 5.74) is 1.65. The third kappa shape index (κ3) is 8.58. The molecule has 1 unspecified atom stereocenters. The molecular weight excluding hydrogens is 595 g/mol. The van der Waals surface area contributed by atoms with Crippen molar-refractivity contribution in [3.05, 3.63) is 118 Å². The fraction of sp³-hybridized carbons (Fsp3) is 0.138. The van der Waals surface area contributed by atoms with Crippen LogP contribution < -0.4 is 10.1 Å². The third-order valence-electron chi connectivity index (χ3n) is 5.77. The van der Waals surface area contributed by atoms with E-state index >= 15 is 0 Å². The van der Waals surface area contributed by atoms with E-state index in [2.05, 4.69) is 5.32 Å². The van der Waals surface area contributed by atoms with Gasteiger partial charge in [0.1, 0.15) is 12.4 Å². The molecule has 4 aromatic carbocycles. The highest BCUT2D eigenvalue weighted by Crippen LogP contribution is 2.54. The molecule has 0 heterocycles. The average Bonchev–Trinajstić information content (AvgIpc) is 2.92. The summed E-state index contributed by atoms with van der Waals surface area (Å²) in [7, 11) is -5.05. The lowest BCUT2D eigenvalue weighted by atomic mass is 10.1. The first-order chi connectivity index (χ1) is 19.1. The Kier molecular flexibility index (Phi) is 10.3. The zero-order valence-electron chi connectivity index (χ0n) is 21.0. The standard InChI is InChI=1S/C29H25Cl2FNO5PS/c30-26-13-11-21(15-25(26)29(32)39(35,36)37)33-28(34)14-10-20-9-12-24(17-27(20)31)40-23-8-4-7-22(16-23)38-18-19-5-2-1-3-6-19/h1-9,11-13,15-17,29H,10,14,18H2,(H,33,34)(H2,35,36,37). The van der Waals surface area contributed by atoms with E-state index in [9.17, 15) is 13.8 Å². The van der Waals surface area contributed by atoms with E-state index in [0.29, 0.717) is 18.1 Å². The van der Waals surface area contributed by atoms with Crippen LogP contribution >= 0.6 is 42.6 Å². The lowest BCUT2D eigenvalue weighted by molar-refractivity contribution is -0.116. The van der Waals surface area contributed by atoms with Gasteiger partial charge in [-0.15, -0.1) is 0 Å². The quantitative estimate of drug-likeness (QED) is 0.146. The van der Waals surface area contributed by atoms with Crippen molar-refractivity contribution in [1.82, 2.24) is 0 Å². The minimum absolute atomic E-state index is 0.0858. The molecule has 0 aliphatic heterocycles. The molecule has 0 saturated carbocycles. The van der Waals surface area contributed by atoms with Crippen LogP contribution in [-0.4, -0.2) is 15.7 Å². The maximum absolute atomic E-state index is 14.1. The number of amides is 1. The molecule has 3 N–H and O–H groups in total. The topological polar surface area (TPSA) is 95.9 Å². The van der Waals surface area contributed by atoms with Gasteiger partial charge in [0, 0.05) is 37.5 Å². The number of carbonyl (C=O) groups is 1. The van der Waals surface area contributed by atoms with Crippen molar-refractivity contribution in [3.63, 3.8) is 0 Å². The van der Waals surface area contributed by atoms with E-state index in [0.717, 1.165) is 32.7 Å². The lowest BCUT2D eigenvalue weighted by Crippen LogP contribution is -2.13. The fourth-order valence-corrected chi connectivity index (χ4v) is 5.87. The number of hydrogen-bond acceptors (Lipinski definition) is 4. The maximum atomic E-state index is 14.1. The third-order valence-corrected chi connectivity index (χ3v) is 8.31. The number of alkyl halides is 1. The molecule has 0 bridgehead atoms. The first kappa shape index (κ1) is 30.1. The zero-order valence-corrected chi connectivity index (χ0v) is 24.2. The van der Waals surface area contributed by atoms with Gasteiger partial charge >= 0.3 is 7.60 Å². The maximum Gasteiger partial charge on any atom is 0.364 e. The number of ether oxygens (including phenoxy) is 1. The van der Waals surface area contributed by atoms with Crippen LogP contribution in [-0.2, 0) is 22.4 Å². The van der Waals surface area contributed by atoms with Gasteiger partial charge in [-0.05, 0) is 66.1 Å². The van der Waals surface area contributed by atoms with Gasteiger partial charge in [0.15, 0.2) is 0 Å². The molecule has 0 aliphatic rings. The van der Waals surface area contributed by atoms with Crippen molar-refractivity contribution < 1.29 is 28.3 Å². The van der Waals surface area contributed by atoms with Gasteiger partial charge in [-0.1, -0.05) is 77.4 Å². The van der Waals surface area contributed by atoms with Crippen molar-refractivity contribution in [3.8, 4) is 5.75 Å². The van der Waals surface area contributed by atoms with E-state index in [-0.39, 0.29) is 23.0 Å². The molecule has 1 amide bonds. The number of rotatable bonds is 11. The Bertz CT molecular complexity index is 1540. The van der Waals surface area contributed by atoms with Crippen LogP contribution in [0.1, 0.15) is 29.0 Å². The van der Waals surface area contributed by atoms with Crippen molar-refractivity contribution in [2.45, 2.75) is 35.2 Å². The number of anilines is 1.